The number of hydrogen-bond donors (Lipinski definition) is 2. The van der Waals surface area contributed by atoms with Crippen LogP contribution in [0.4, 0.5) is 5.69 Å². The lowest BCUT2D eigenvalue weighted by molar-refractivity contribution is 0.0526. The number of hydrogen-bond acceptors (Lipinski definition) is 3. The summed E-state index contributed by atoms with van der Waals surface area (Å²) >= 11 is 11.5. The Morgan fingerprint density at radius 1 is 1.21 bits per heavy atom. The molecule has 0 aliphatic rings. The third-order valence-electron chi connectivity index (χ3n) is 4.47. The first-order chi connectivity index (χ1) is 13.2. The van der Waals surface area contributed by atoms with E-state index in [1.165, 1.54) is 5.56 Å². The highest BCUT2D eigenvalue weighted by Gasteiger charge is 2.23. The van der Waals surface area contributed by atoms with Crippen LogP contribution in [0, 0.1) is 0 Å². The van der Waals surface area contributed by atoms with Crippen LogP contribution in [0.3, 0.4) is 0 Å². The van der Waals surface area contributed by atoms with Crippen LogP contribution in [0.2, 0.25) is 5.02 Å². The maximum Gasteiger partial charge on any atom is 0.339 e. The summed E-state index contributed by atoms with van der Waals surface area (Å²) in [5.74, 6) is -0.451. The van der Waals surface area contributed by atoms with Crippen molar-refractivity contribution in [2.24, 2.45) is 0 Å². The molecule has 0 amide bonds. The number of halogens is 1. The van der Waals surface area contributed by atoms with Gasteiger partial charge in [-0.2, -0.15) is 0 Å². The zero-order valence-electron chi connectivity index (χ0n) is 16.7. The van der Waals surface area contributed by atoms with Crippen LogP contribution < -0.4 is 10.6 Å². The van der Waals surface area contributed by atoms with Gasteiger partial charge < -0.3 is 15.4 Å². The maximum atomic E-state index is 12.0. The SMILES string of the molecule is CCOC(=O)c1cc(NC(=S)N[C@@H](C)CC(C)(C)c2ccccc2)ccc1Cl. The third kappa shape index (κ3) is 6.21. The van der Waals surface area contributed by atoms with Crippen molar-refractivity contribution in [3.8, 4) is 0 Å². The molecule has 150 valence electrons. The van der Waals surface area contributed by atoms with Gasteiger partial charge in [-0.25, -0.2) is 4.79 Å². The summed E-state index contributed by atoms with van der Waals surface area (Å²) in [6.07, 6.45) is 0.910. The lowest BCUT2D eigenvalue weighted by Crippen LogP contribution is -2.39. The molecule has 2 aromatic rings. The number of thiocarbonyl (C=S) groups is 1. The molecule has 0 aliphatic carbocycles. The van der Waals surface area contributed by atoms with E-state index in [1.54, 1.807) is 25.1 Å². The Kier molecular flexibility index (Phi) is 7.84. The molecule has 2 N–H and O–H groups in total. The summed E-state index contributed by atoms with van der Waals surface area (Å²) in [5, 5.41) is 7.27. The van der Waals surface area contributed by atoms with Gasteiger partial charge in [-0.3, -0.25) is 0 Å². The van der Waals surface area contributed by atoms with Crippen molar-refractivity contribution in [1.82, 2.24) is 5.32 Å². The fourth-order valence-electron chi connectivity index (χ4n) is 3.18. The quantitative estimate of drug-likeness (QED) is 0.455. The monoisotopic (exact) mass is 418 g/mol. The summed E-state index contributed by atoms with van der Waals surface area (Å²) in [5.41, 5.74) is 2.30. The van der Waals surface area contributed by atoms with E-state index in [9.17, 15) is 4.79 Å². The zero-order chi connectivity index (χ0) is 20.7. The van der Waals surface area contributed by atoms with E-state index in [0.717, 1.165) is 6.42 Å². The number of carbonyl (C=O) groups is 1. The van der Waals surface area contributed by atoms with Crippen LogP contribution in [0.5, 0.6) is 0 Å². The van der Waals surface area contributed by atoms with Gasteiger partial charge in [0.15, 0.2) is 5.11 Å². The molecule has 4 nitrogen and oxygen atoms in total. The second-order valence-electron chi connectivity index (χ2n) is 7.37. The average Bonchev–Trinajstić information content (AvgIpc) is 2.63. The average molecular weight is 419 g/mol. The summed E-state index contributed by atoms with van der Waals surface area (Å²) in [6, 6.07) is 15.7. The number of nitrogens with one attached hydrogen (secondary N) is 2. The molecule has 6 heteroatoms. The first kappa shape index (κ1) is 22.2. The standard InChI is InChI=1S/C22H27ClN2O2S/c1-5-27-20(26)18-13-17(11-12-19(18)23)25-21(28)24-15(2)14-22(3,4)16-9-7-6-8-10-16/h6-13,15H,5,14H2,1-4H3,(H2,24,25,28)/t15-/m0/s1. The van der Waals surface area contributed by atoms with Gasteiger partial charge >= 0.3 is 5.97 Å². The number of carbonyl (C=O) groups excluding carboxylic acids is 1. The number of esters is 1. The van der Waals surface area contributed by atoms with Crippen molar-refractivity contribution >= 4 is 40.6 Å². The first-order valence-electron chi connectivity index (χ1n) is 9.32. The molecule has 0 unspecified atom stereocenters. The maximum absolute atomic E-state index is 12.0. The van der Waals surface area contributed by atoms with Crippen LogP contribution in [0.15, 0.2) is 48.5 Å². The molecule has 0 heterocycles. The first-order valence-corrected chi connectivity index (χ1v) is 10.1. The van der Waals surface area contributed by atoms with Crippen molar-refractivity contribution in [2.45, 2.75) is 45.6 Å². The summed E-state index contributed by atoms with van der Waals surface area (Å²) in [6.45, 7) is 8.60. The van der Waals surface area contributed by atoms with Crippen molar-refractivity contribution in [3.05, 3.63) is 64.7 Å². The molecule has 28 heavy (non-hydrogen) atoms. The summed E-state index contributed by atoms with van der Waals surface area (Å²) < 4.78 is 5.03. The molecule has 0 fully saturated rings. The van der Waals surface area contributed by atoms with Crippen LogP contribution in [-0.2, 0) is 10.2 Å². The van der Waals surface area contributed by atoms with Crippen LogP contribution in [0.25, 0.3) is 0 Å². The highest BCUT2D eigenvalue weighted by atomic mass is 35.5. The highest BCUT2D eigenvalue weighted by molar-refractivity contribution is 7.80. The predicted octanol–water partition coefficient (Wildman–Crippen LogP) is 5.56. The lowest BCUT2D eigenvalue weighted by Gasteiger charge is -2.29. The zero-order valence-corrected chi connectivity index (χ0v) is 18.3. The molecule has 1 atom stereocenters. The highest BCUT2D eigenvalue weighted by Crippen LogP contribution is 2.28. The minimum atomic E-state index is -0.451. The van der Waals surface area contributed by atoms with Crippen LogP contribution in [-0.4, -0.2) is 23.7 Å². The van der Waals surface area contributed by atoms with Gasteiger partial charge in [0.2, 0.25) is 0 Å². The Balaban J connectivity index is 1.98. The number of benzene rings is 2. The van der Waals surface area contributed by atoms with E-state index in [4.69, 9.17) is 28.6 Å². The van der Waals surface area contributed by atoms with E-state index in [1.807, 2.05) is 6.07 Å². The topological polar surface area (TPSA) is 50.4 Å². The van der Waals surface area contributed by atoms with Gasteiger partial charge in [0.25, 0.3) is 0 Å². The van der Waals surface area contributed by atoms with E-state index in [2.05, 4.69) is 55.7 Å². The van der Waals surface area contributed by atoms with Gasteiger partial charge in [-0.15, -0.1) is 0 Å². The van der Waals surface area contributed by atoms with Crippen molar-refractivity contribution in [2.75, 3.05) is 11.9 Å². The summed E-state index contributed by atoms with van der Waals surface area (Å²) in [7, 11) is 0. The molecular formula is C22H27ClN2O2S. The lowest BCUT2D eigenvalue weighted by atomic mass is 9.79. The second kappa shape index (κ2) is 9.89. The Labute approximate surface area is 177 Å². The Hall–Kier alpha value is -2.11. The fraction of sp³-hybridized carbons (Fsp3) is 0.364. The Bertz CT molecular complexity index is 825. The predicted molar refractivity (Wildman–Crippen MR) is 120 cm³/mol. The number of ether oxygens (including phenoxy) is 1. The van der Waals surface area contributed by atoms with Crippen molar-refractivity contribution < 1.29 is 9.53 Å². The smallest absolute Gasteiger partial charge is 0.339 e. The molecular weight excluding hydrogens is 392 g/mol. The molecule has 0 saturated carbocycles. The normalized spacial score (nSPS) is 12.2. The van der Waals surface area contributed by atoms with Crippen LogP contribution in [0.1, 0.15) is 50.0 Å². The molecule has 0 aromatic heterocycles. The molecule has 0 spiro atoms. The van der Waals surface area contributed by atoms with Gasteiger partial charge in [-0.1, -0.05) is 55.8 Å². The van der Waals surface area contributed by atoms with E-state index < -0.39 is 5.97 Å². The van der Waals surface area contributed by atoms with E-state index in [-0.39, 0.29) is 11.5 Å². The molecule has 2 aromatic carbocycles. The third-order valence-corrected chi connectivity index (χ3v) is 5.02. The minimum absolute atomic E-state index is 0.0145. The van der Waals surface area contributed by atoms with E-state index in [0.29, 0.717) is 28.0 Å². The summed E-state index contributed by atoms with van der Waals surface area (Å²) in [4.78, 5) is 12.0. The molecule has 0 radical (unpaired) electrons. The van der Waals surface area contributed by atoms with Crippen LogP contribution >= 0.6 is 23.8 Å². The Morgan fingerprint density at radius 2 is 1.89 bits per heavy atom. The number of rotatable bonds is 7. The van der Waals surface area contributed by atoms with Gasteiger partial charge in [0.1, 0.15) is 0 Å². The van der Waals surface area contributed by atoms with Gasteiger partial charge in [0.05, 0.1) is 17.2 Å². The molecule has 0 aliphatic heterocycles. The minimum Gasteiger partial charge on any atom is -0.462 e. The molecule has 2 rings (SSSR count). The number of anilines is 1. The van der Waals surface area contributed by atoms with Crippen molar-refractivity contribution in [3.63, 3.8) is 0 Å². The fourth-order valence-corrected chi connectivity index (χ4v) is 3.70. The van der Waals surface area contributed by atoms with E-state index >= 15 is 0 Å². The molecule has 0 bridgehead atoms. The van der Waals surface area contributed by atoms with Gasteiger partial charge in [-0.05, 0) is 61.7 Å². The Morgan fingerprint density at radius 3 is 2.54 bits per heavy atom. The van der Waals surface area contributed by atoms with Gasteiger partial charge in [0, 0.05) is 11.7 Å². The largest absolute Gasteiger partial charge is 0.462 e. The molecule has 0 saturated heterocycles. The van der Waals surface area contributed by atoms with Crippen molar-refractivity contribution in [1.29, 1.82) is 0 Å². The second-order valence-corrected chi connectivity index (χ2v) is 8.18.